The van der Waals surface area contributed by atoms with Gasteiger partial charge >= 0.3 is 0 Å². The van der Waals surface area contributed by atoms with Gasteiger partial charge in [0.25, 0.3) is 0 Å². The standard InChI is InChI=1S/C15H25N5/c16-15(19-12-6-2-1-3-7-12)17-10-13-11-20-9-5-4-8-14(20)18-13/h11-12H,1-10H2,(H3,16,17,19). The lowest BCUT2D eigenvalue weighted by Crippen LogP contribution is -2.41. The van der Waals surface area contributed by atoms with Crippen molar-refractivity contribution in [2.45, 2.75) is 70.5 Å². The van der Waals surface area contributed by atoms with Crippen LogP contribution in [0.3, 0.4) is 0 Å². The Kier molecular flexibility index (Phi) is 4.23. The van der Waals surface area contributed by atoms with Gasteiger partial charge in [0.2, 0.25) is 0 Å². The topological polar surface area (TPSA) is 68.2 Å². The van der Waals surface area contributed by atoms with Crippen LogP contribution >= 0.6 is 0 Å². The molecule has 0 spiro atoms. The van der Waals surface area contributed by atoms with Crippen LogP contribution in [-0.4, -0.2) is 21.6 Å². The molecule has 2 aliphatic rings. The molecule has 20 heavy (non-hydrogen) atoms. The van der Waals surface area contributed by atoms with E-state index in [1.165, 1.54) is 50.8 Å². The number of guanidine groups is 1. The van der Waals surface area contributed by atoms with Gasteiger partial charge in [-0.2, -0.15) is 0 Å². The number of fused-ring (bicyclic) bond motifs is 1. The molecule has 0 saturated heterocycles. The first kappa shape index (κ1) is 13.5. The summed E-state index contributed by atoms with van der Waals surface area (Å²) in [6.45, 7) is 1.69. The Labute approximate surface area is 120 Å². The fraction of sp³-hybridized carbons (Fsp3) is 0.733. The molecule has 110 valence electrons. The predicted octanol–water partition coefficient (Wildman–Crippen LogP) is 1.96. The number of aromatic nitrogens is 2. The summed E-state index contributed by atoms with van der Waals surface area (Å²) < 4.78 is 2.26. The minimum Gasteiger partial charge on any atom is -0.370 e. The van der Waals surface area contributed by atoms with E-state index in [4.69, 9.17) is 5.73 Å². The van der Waals surface area contributed by atoms with Gasteiger partial charge in [-0.05, 0) is 25.7 Å². The lowest BCUT2D eigenvalue weighted by Gasteiger charge is -2.23. The van der Waals surface area contributed by atoms with Gasteiger partial charge in [-0.1, -0.05) is 19.3 Å². The summed E-state index contributed by atoms with van der Waals surface area (Å²) in [5.74, 6) is 1.78. The molecule has 1 aromatic rings. The normalized spacial score (nSPS) is 20.7. The van der Waals surface area contributed by atoms with Gasteiger partial charge < -0.3 is 15.6 Å². The first-order valence-electron chi connectivity index (χ1n) is 7.92. The SMILES string of the molecule is NC(=NCc1cn2c(n1)CCCC2)NC1CCCCC1. The fourth-order valence-electron chi connectivity index (χ4n) is 3.22. The van der Waals surface area contributed by atoms with E-state index in [0.29, 0.717) is 18.5 Å². The van der Waals surface area contributed by atoms with Crippen molar-refractivity contribution >= 4 is 5.96 Å². The second-order valence-electron chi connectivity index (χ2n) is 5.98. The van der Waals surface area contributed by atoms with Gasteiger partial charge in [0.05, 0.1) is 12.2 Å². The van der Waals surface area contributed by atoms with Crippen molar-refractivity contribution in [3.8, 4) is 0 Å². The molecule has 0 unspecified atom stereocenters. The highest BCUT2D eigenvalue weighted by Gasteiger charge is 2.14. The average Bonchev–Trinajstić information content (AvgIpc) is 2.89. The highest BCUT2D eigenvalue weighted by molar-refractivity contribution is 5.78. The highest BCUT2D eigenvalue weighted by Crippen LogP contribution is 2.17. The highest BCUT2D eigenvalue weighted by atomic mass is 15.1. The van der Waals surface area contributed by atoms with E-state index in [1.807, 2.05) is 0 Å². The van der Waals surface area contributed by atoms with E-state index in [9.17, 15) is 0 Å². The molecule has 0 bridgehead atoms. The molecule has 5 nitrogen and oxygen atoms in total. The Morgan fingerprint density at radius 3 is 2.95 bits per heavy atom. The zero-order valence-corrected chi connectivity index (χ0v) is 12.1. The van der Waals surface area contributed by atoms with E-state index in [1.54, 1.807) is 0 Å². The first-order chi connectivity index (χ1) is 9.81. The Morgan fingerprint density at radius 1 is 1.30 bits per heavy atom. The van der Waals surface area contributed by atoms with Gasteiger partial charge in [0, 0.05) is 25.2 Å². The number of nitrogens with zero attached hydrogens (tertiary/aromatic N) is 3. The predicted molar refractivity (Wildman–Crippen MR) is 80.5 cm³/mol. The molecular weight excluding hydrogens is 250 g/mol. The van der Waals surface area contributed by atoms with Crippen molar-refractivity contribution in [3.63, 3.8) is 0 Å². The van der Waals surface area contributed by atoms with Crippen LogP contribution in [0.2, 0.25) is 0 Å². The Hall–Kier alpha value is -1.52. The summed E-state index contributed by atoms with van der Waals surface area (Å²) in [5.41, 5.74) is 7.02. The summed E-state index contributed by atoms with van der Waals surface area (Å²) >= 11 is 0. The molecule has 1 fully saturated rings. The minimum atomic E-state index is 0.516. The van der Waals surface area contributed by atoms with Gasteiger partial charge in [-0.15, -0.1) is 0 Å². The fourth-order valence-corrected chi connectivity index (χ4v) is 3.22. The van der Waals surface area contributed by atoms with Gasteiger partial charge in [-0.3, -0.25) is 0 Å². The Bertz CT molecular complexity index is 447. The van der Waals surface area contributed by atoms with Crippen LogP contribution in [0, 0.1) is 0 Å². The first-order valence-corrected chi connectivity index (χ1v) is 7.92. The lowest BCUT2D eigenvalue weighted by atomic mass is 9.96. The third-order valence-electron chi connectivity index (χ3n) is 4.33. The smallest absolute Gasteiger partial charge is 0.189 e. The number of imidazole rings is 1. The van der Waals surface area contributed by atoms with E-state index in [0.717, 1.165) is 18.7 Å². The maximum absolute atomic E-state index is 5.98. The molecule has 5 heteroatoms. The maximum Gasteiger partial charge on any atom is 0.189 e. The van der Waals surface area contributed by atoms with Crippen LogP contribution in [0.25, 0.3) is 0 Å². The molecule has 3 N–H and O–H groups in total. The Balaban J connectivity index is 1.54. The van der Waals surface area contributed by atoms with Gasteiger partial charge in [-0.25, -0.2) is 9.98 Å². The third kappa shape index (κ3) is 3.32. The van der Waals surface area contributed by atoms with Crippen LogP contribution in [0.15, 0.2) is 11.2 Å². The zero-order valence-electron chi connectivity index (χ0n) is 12.1. The molecule has 0 atom stereocenters. The van der Waals surface area contributed by atoms with Crippen molar-refractivity contribution < 1.29 is 0 Å². The number of rotatable bonds is 3. The number of hydrogen-bond donors (Lipinski definition) is 2. The molecule has 0 amide bonds. The monoisotopic (exact) mass is 275 g/mol. The summed E-state index contributed by atoms with van der Waals surface area (Å²) in [6, 6.07) is 0.516. The molecule has 1 aliphatic heterocycles. The van der Waals surface area contributed by atoms with Crippen LogP contribution in [0.1, 0.15) is 56.5 Å². The number of nitrogens with one attached hydrogen (secondary N) is 1. The zero-order chi connectivity index (χ0) is 13.8. The van der Waals surface area contributed by atoms with Crippen molar-refractivity contribution in [3.05, 3.63) is 17.7 Å². The van der Waals surface area contributed by atoms with Crippen molar-refractivity contribution in [1.29, 1.82) is 0 Å². The molecule has 1 aromatic heterocycles. The van der Waals surface area contributed by atoms with E-state index in [2.05, 4.69) is 26.1 Å². The largest absolute Gasteiger partial charge is 0.370 e. The molecule has 0 radical (unpaired) electrons. The minimum absolute atomic E-state index is 0.516. The third-order valence-corrected chi connectivity index (χ3v) is 4.33. The Morgan fingerprint density at radius 2 is 2.15 bits per heavy atom. The summed E-state index contributed by atoms with van der Waals surface area (Å²) in [6.07, 6.45) is 12.1. The molecule has 1 aliphatic carbocycles. The number of aryl methyl sites for hydroxylation is 2. The molecule has 3 rings (SSSR count). The molecular formula is C15H25N5. The molecule has 1 saturated carbocycles. The van der Waals surface area contributed by atoms with Crippen molar-refractivity contribution in [2.75, 3.05) is 0 Å². The van der Waals surface area contributed by atoms with E-state index < -0.39 is 0 Å². The van der Waals surface area contributed by atoms with Crippen LogP contribution in [0.5, 0.6) is 0 Å². The maximum atomic E-state index is 5.98. The van der Waals surface area contributed by atoms with Crippen molar-refractivity contribution in [2.24, 2.45) is 10.7 Å². The van der Waals surface area contributed by atoms with Gasteiger partial charge in [0.1, 0.15) is 5.82 Å². The second kappa shape index (κ2) is 6.29. The van der Waals surface area contributed by atoms with Crippen LogP contribution in [0.4, 0.5) is 0 Å². The number of aliphatic imine (C=N–C) groups is 1. The summed E-state index contributed by atoms with van der Waals surface area (Å²) in [5, 5.41) is 3.34. The van der Waals surface area contributed by atoms with Crippen LogP contribution < -0.4 is 11.1 Å². The summed E-state index contributed by atoms with van der Waals surface area (Å²) in [4.78, 5) is 9.08. The number of hydrogen-bond acceptors (Lipinski definition) is 2. The second-order valence-corrected chi connectivity index (χ2v) is 5.98. The lowest BCUT2D eigenvalue weighted by molar-refractivity contribution is 0.412. The molecule has 2 heterocycles. The van der Waals surface area contributed by atoms with Crippen molar-refractivity contribution in [1.82, 2.24) is 14.9 Å². The van der Waals surface area contributed by atoms with E-state index in [-0.39, 0.29) is 0 Å². The van der Waals surface area contributed by atoms with Gasteiger partial charge in [0.15, 0.2) is 5.96 Å². The molecule has 0 aromatic carbocycles. The van der Waals surface area contributed by atoms with E-state index >= 15 is 0 Å². The quantitative estimate of drug-likeness (QED) is 0.654. The van der Waals surface area contributed by atoms with Crippen LogP contribution in [-0.2, 0) is 19.5 Å². The number of nitrogens with two attached hydrogens (primary N) is 1. The average molecular weight is 275 g/mol. The summed E-state index contributed by atoms with van der Waals surface area (Å²) in [7, 11) is 0.